The Kier molecular flexibility index (Phi) is 5.53. The van der Waals surface area contributed by atoms with E-state index in [0.29, 0.717) is 6.04 Å². The van der Waals surface area contributed by atoms with Crippen LogP contribution in [0.4, 0.5) is 5.69 Å². The minimum Gasteiger partial charge on any atom is -0.377 e. The molecule has 1 aliphatic heterocycles. The number of rotatable bonds is 4. The molecule has 0 spiro atoms. The molecule has 0 radical (unpaired) electrons. The van der Waals surface area contributed by atoms with E-state index in [9.17, 15) is 0 Å². The third kappa shape index (κ3) is 4.60. The van der Waals surface area contributed by atoms with Gasteiger partial charge < -0.3 is 15.0 Å². The van der Waals surface area contributed by atoms with E-state index in [-0.39, 0.29) is 5.54 Å². The average molecular weight is 311 g/mol. The van der Waals surface area contributed by atoms with Gasteiger partial charge in [0.25, 0.3) is 0 Å². The monoisotopic (exact) mass is 310 g/mol. The van der Waals surface area contributed by atoms with E-state index in [2.05, 4.69) is 50.0 Å². The minimum atomic E-state index is 0.0920. The van der Waals surface area contributed by atoms with E-state index in [1.807, 2.05) is 6.07 Å². The third-order valence-corrected chi connectivity index (χ3v) is 4.09. The molecule has 118 valence electrons. The van der Waals surface area contributed by atoms with Crippen LogP contribution in [0.5, 0.6) is 0 Å². The van der Waals surface area contributed by atoms with Crippen LogP contribution in [0.25, 0.3) is 0 Å². The van der Waals surface area contributed by atoms with Gasteiger partial charge in [0.2, 0.25) is 0 Å². The Morgan fingerprint density at radius 2 is 2.14 bits per heavy atom. The number of halogens is 1. The first-order valence-corrected chi connectivity index (χ1v) is 8.16. The first-order chi connectivity index (χ1) is 9.90. The third-order valence-electron chi connectivity index (χ3n) is 3.86. The first-order valence-electron chi connectivity index (χ1n) is 7.78. The molecule has 21 heavy (non-hydrogen) atoms. The normalized spacial score (nSPS) is 19.9. The van der Waals surface area contributed by atoms with E-state index in [1.165, 1.54) is 11.3 Å². The Hall–Kier alpha value is -0.770. The zero-order chi connectivity index (χ0) is 15.5. The van der Waals surface area contributed by atoms with Crippen molar-refractivity contribution in [2.45, 2.75) is 52.2 Å². The largest absolute Gasteiger partial charge is 0.377 e. The van der Waals surface area contributed by atoms with Crippen molar-refractivity contribution in [1.29, 1.82) is 0 Å². The molecule has 1 aliphatic rings. The van der Waals surface area contributed by atoms with E-state index in [1.54, 1.807) is 0 Å². The Labute approximate surface area is 133 Å². The second-order valence-electron chi connectivity index (χ2n) is 6.71. The van der Waals surface area contributed by atoms with Crippen molar-refractivity contribution in [3.8, 4) is 0 Å². The molecule has 2 rings (SSSR count). The van der Waals surface area contributed by atoms with Gasteiger partial charge in [-0.15, -0.1) is 0 Å². The van der Waals surface area contributed by atoms with Crippen LogP contribution < -0.4 is 10.2 Å². The fraction of sp³-hybridized carbons (Fsp3) is 0.647. The number of anilines is 1. The summed E-state index contributed by atoms with van der Waals surface area (Å²) >= 11 is 6.21. The molecule has 1 atom stereocenters. The molecule has 0 aliphatic carbocycles. The van der Waals surface area contributed by atoms with Gasteiger partial charge >= 0.3 is 0 Å². The molecular formula is C17H27ClN2O. The van der Waals surface area contributed by atoms with Gasteiger partial charge in [0, 0.05) is 29.3 Å². The van der Waals surface area contributed by atoms with Crippen LogP contribution in [0.15, 0.2) is 18.2 Å². The van der Waals surface area contributed by atoms with E-state index < -0.39 is 0 Å². The molecule has 1 saturated heterocycles. The quantitative estimate of drug-likeness (QED) is 0.914. The first kappa shape index (κ1) is 16.6. The second kappa shape index (κ2) is 6.99. The number of benzene rings is 1. The Morgan fingerprint density at radius 1 is 1.38 bits per heavy atom. The van der Waals surface area contributed by atoms with Gasteiger partial charge in [0.15, 0.2) is 0 Å². The molecule has 1 aromatic rings. The van der Waals surface area contributed by atoms with Crippen LogP contribution >= 0.6 is 11.6 Å². The molecular weight excluding hydrogens is 284 g/mol. The van der Waals surface area contributed by atoms with Gasteiger partial charge in [-0.3, -0.25) is 0 Å². The molecule has 0 aromatic heterocycles. The lowest BCUT2D eigenvalue weighted by atomic mass is 10.0. The van der Waals surface area contributed by atoms with Crippen LogP contribution in [-0.2, 0) is 11.3 Å². The lowest BCUT2D eigenvalue weighted by molar-refractivity contribution is 0.0929. The summed E-state index contributed by atoms with van der Waals surface area (Å²) in [5.74, 6) is 0. The summed E-state index contributed by atoms with van der Waals surface area (Å²) in [4.78, 5) is 2.47. The van der Waals surface area contributed by atoms with Crippen molar-refractivity contribution in [2.24, 2.45) is 0 Å². The zero-order valence-electron chi connectivity index (χ0n) is 13.6. The second-order valence-corrected chi connectivity index (χ2v) is 7.14. The highest BCUT2D eigenvalue weighted by molar-refractivity contribution is 6.30. The van der Waals surface area contributed by atoms with Crippen LogP contribution in [0.1, 0.15) is 39.7 Å². The maximum atomic E-state index is 6.21. The van der Waals surface area contributed by atoms with Gasteiger partial charge in [-0.05, 0) is 51.0 Å². The van der Waals surface area contributed by atoms with Gasteiger partial charge in [0.1, 0.15) is 0 Å². The molecule has 1 heterocycles. The number of hydrogen-bond acceptors (Lipinski definition) is 3. The molecule has 0 saturated carbocycles. The number of nitrogens with one attached hydrogen (secondary N) is 1. The standard InChI is InChI=1S/C17H27ClN2O/c1-5-15-12-21-9-8-20(15)16-7-6-14(18)10-13(16)11-19-17(2,3)4/h6-7,10,15,19H,5,8-9,11-12H2,1-4H3. The fourth-order valence-corrected chi connectivity index (χ4v) is 2.84. The van der Waals surface area contributed by atoms with Gasteiger partial charge in [-0.2, -0.15) is 0 Å². The van der Waals surface area contributed by atoms with Crippen molar-refractivity contribution in [3.05, 3.63) is 28.8 Å². The summed E-state index contributed by atoms with van der Waals surface area (Å²) < 4.78 is 5.62. The zero-order valence-corrected chi connectivity index (χ0v) is 14.3. The van der Waals surface area contributed by atoms with Crippen LogP contribution in [0, 0.1) is 0 Å². The predicted octanol–water partition coefficient (Wildman–Crippen LogP) is 3.84. The average Bonchev–Trinajstić information content (AvgIpc) is 2.44. The molecule has 1 unspecified atom stereocenters. The topological polar surface area (TPSA) is 24.5 Å². The van der Waals surface area contributed by atoms with Gasteiger partial charge in [0.05, 0.1) is 19.3 Å². The number of ether oxygens (including phenoxy) is 1. The summed E-state index contributed by atoms with van der Waals surface area (Å²) in [6.45, 7) is 12.1. The van der Waals surface area contributed by atoms with E-state index in [0.717, 1.165) is 37.7 Å². The van der Waals surface area contributed by atoms with Crippen LogP contribution in [0.2, 0.25) is 5.02 Å². The molecule has 1 fully saturated rings. The van der Waals surface area contributed by atoms with Crippen molar-refractivity contribution >= 4 is 17.3 Å². The SMILES string of the molecule is CCC1COCCN1c1ccc(Cl)cc1CNC(C)(C)C. The van der Waals surface area contributed by atoms with Crippen molar-refractivity contribution in [2.75, 3.05) is 24.7 Å². The number of morpholine rings is 1. The van der Waals surface area contributed by atoms with Crippen molar-refractivity contribution < 1.29 is 4.74 Å². The number of hydrogen-bond donors (Lipinski definition) is 1. The van der Waals surface area contributed by atoms with E-state index >= 15 is 0 Å². The highest BCUT2D eigenvalue weighted by Crippen LogP contribution is 2.28. The van der Waals surface area contributed by atoms with Crippen molar-refractivity contribution in [3.63, 3.8) is 0 Å². The van der Waals surface area contributed by atoms with Gasteiger partial charge in [-0.25, -0.2) is 0 Å². The maximum absolute atomic E-state index is 6.21. The molecule has 3 nitrogen and oxygen atoms in total. The van der Waals surface area contributed by atoms with Crippen LogP contribution in [0.3, 0.4) is 0 Å². The summed E-state index contributed by atoms with van der Waals surface area (Å²) in [5.41, 5.74) is 2.64. The summed E-state index contributed by atoms with van der Waals surface area (Å²) in [5, 5.41) is 4.36. The smallest absolute Gasteiger partial charge is 0.0670 e. The van der Waals surface area contributed by atoms with Crippen molar-refractivity contribution in [1.82, 2.24) is 5.32 Å². The Bertz CT molecular complexity index is 470. The summed E-state index contributed by atoms with van der Waals surface area (Å²) in [6.07, 6.45) is 1.09. The molecule has 1 N–H and O–H groups in total. The predicted molar refractivity (Wildman–Crippen MR) is 90.3 cm³/mol. The molecule has 0 bridgehead atoms. The summed E-state index contributed by atoms with van der Waals surface area (Å²) in [7, 11) is 0. The molecule has 1 aromatic carbocycles. The fourth-order valence-electron chi connectivity index (χ4n) is 2.65. The maximum Gasteiger partial charge on any atom is 0.0670 e. The Morgan fingerprint density at radius 3 is 2.81 bits per heavy atom. The highest BCUT2D eigenvalue weighted by Gasteiger charge is 2.24. The van der Waals surface area contributed by atoms with Crippen LogP contribution in [-0.4, -0.2) is 31.3 Å². The van der Waals surface area contributed by atoms with E-state index in [4.69, 9.17) is 16.3 Å². The molecule has 0 amide bonds. The highest BCUT2D eigenvalue weighted by atomic mass is 35.5. The lowest BCUT2D eigenvalue weighted by Gasteiger charge is -2.38. The summed E-state index contributed by atoms with van der Waals surface area (Å²) in [6, 6.07) is 6.67. The molecule has 4 heteroatoms. The minimum absolute atomic E-state index is 0.0920. The Balaban J connectivity index is 2.25. The number of nitrogens with zero attached hydrogens (tertiary/aromatic N) is 1. The van der Waals surface area contributed by atoms with Gasteiger partial charge in [-0.1, -0.05) is 18.5 Å². The lowest BCUT2D eigenvalue weighted by Crippen LogP contribution is -2.46.